The number of nitrogens with one attached hydrogen (secondary N) is 1. The van der Waals surface area contributed by atoms with Crippen LogP contribution in [0.1, 0.15) is 12.5 Å². The van der Waals surface area contributed by atoms with Crippen molar-refractivity contribution in [1.82, 2.24) is 5.32 Å². The van der Waals surface area contributed by atoms with Crippen LogP contribution in [0.2, 0.25) is 0 Å². The Balaban J connectivity index is 1.65. The lowest BCUT2D eigenvalue weighted by Gasteiger charge is -2.13. The third-order valence-corrected chi connectivity index (χ3v) is 4.78. The van der Waals surface area contributed by atoms with E-state index in [0.717, 1.165) is 21.9 Å². The van der Waals surface area contributed by atoms with Crippen molar-refractivity contribution in [3.05, 3.63) is 54.1 Å². The number of benzene rings is 2. The van der Waals surface area contributed by atoms with Crippen molar-refractivity contribution >= 4 is 29.3 Å². The van der Waals surface area contributed by atoms with Gasteiger partial charge in [-0.05, 0) is 48.9 Å². The van der Waals surface area contributed by atoms with Gasteiger partial charge in [-0.25, -0.2) is 0 Å². The Morgan fingerprint density at radius 2 is 1.71 bits per heavy atom. The second-order valence-corrected chi connectivity index (χ2v) is 7.24. The molecule has 2 aromatic carbocycles. The molecule has 0 fully saturated rings. The van der Waals surface area contributed by atoms with Gasteiger partial charge in [0.2, 0.25) is 0 Å². The van der Waals surface area contributed by atoms with E-state index in [1.165, 1.54) is 11.8 Å². The molecule has 6 nitrogen and oxygen atoms in total. The number of anilines is 1. The van der Waals surface area contributed by atoms with E-state index in [2.05, 4.69) is 5.32 Å². The first-order chi connectivity index (χ1) is 13.5. The van der Waals surface area contributed by atoms with Crippen LogP contribution in [0.5, 0.6) is 5.75 Å². The number of amides is 1. The summed E-state index contributed by atoms with van der Waals surface area (Å²) >= 11 is 1.36. The van der Waals surface area contributed by atoms with E-state index in [4.69, 9.17) is 9.47 Å². The lowest BCUT2D eigenvalue weighted by Crippen LogP contribution is -2.28. The summed E-state index contributed by atoms with van der Waals surface area (Å²) in [5, 5.41) is 2.74. The molecule has 1 N–H and O–H groups in total. The van der Waals surface area contributed by atoms with Crippen LogP contribution in [0.4, 0.5) is 5.69 Å². The summed E-state index contributed by atoms with van der Waals surface area (Å²) in [4.78, 5) is 26.6. The quantitative estimate of drug-likeness (QED) is 0.487. The molecule has 0 unspecified atom stereocenters. The molecule has 0 aliphatic carbocycles. The molecule has 0 heterocycles. The van der Waals surface area contributed by atoms with Crippen LogP contribution in [0.25, 0.3) is 0 Å². The van der Waals surface area contributed by atoms with Crippen molar-refractivity contribution in [1.29, 1.82) is 0 Å². The second-order valence-electron chi connectivity index (χ2n) is 6.19. The fraction of sp³-hybridized carbons (Fsp3) is 0.333. The lowest BCUT2D eigenvalue weighted by atomic mass is 10.2. The number of ether oxygens (including phenoxy) is 2. The van der Waals surface area contributed by atoms with Crippen LogP contribution in [-0.2, 0) is 20.9 Å². The third-order valence-electron chi connectivity index (χ3n) is 3.80. The van der Waals surface area contributed by atoms with Crippen molar-refractivity contribution < 1.29 is 19.1 Å². The zero-order chi connectivity index (χ0) is 20.4. The fourth-order valence-corrected chi connectivity index (χ4v) is 2.99. The van der Waals surface area contributed by atoms with E-state index < -0.39 is 5.97 Å². The summed E-state index contributed by atoms with van der Waals surface area (Å²) < 4.78 is 10.4. The number of rotatable bonds is 10. The molecule has 0 saturated heterocycles. The first-order valence-electron chi connectivity index (χ1n) is 9.02. The highest BCUT2D eigenvalue weighted by Crippen LogP contribution is 2.21. The van der Waals surface area contributed by atoms with Crippen LogP contribution < -0.4 is 15.0 Å². The number of carbonyl (C=O) groups excluding carboxylic acids is 2. The minimum atomic E-state index is -0.427. The van der Waals surface area contributed by atoms with Crippen LogP contribution in [0.15, 0.2) is 53.4 Å². The number of carbonyl (C=O) groups is 2. The molecular weight excluding hydrogens is 376 g/mol. The Morgan fingerprint density at radius 1 is 1.04 bits per heavy atom. The number of nitrogens with zero attached hydrogens (tertiary/aromatic N) is 1. The SMILES string of the molecule is CCOc1ccc(SCC(=O)OCC(=O)NCc2ccc(N(C)C)cc2)cc1. The number of hydrogen-bond donors (Lipinski definition) is 1. The monoisotopic (exact) mass is 402 g/mol. The maximum Gasteiger partial charge on any atom is 0.316 e. The van der Waals surface area contributed by atoms with E-state index >= 15 is 0 Å². The van der Waals surface area contributed by atoms with Crippen molar-refractivity contribution in [2.45, 2.75) is 18.4 Å². The van der Waals surface area contributed by atoms with Gasteiger partial charge in [0.1, 0.15) is 5.75 Å². The summed E-state index contributed by atoms with van der Waals surface area (Å²) in [6.45, 7) is 2.65. The van der Waals surface area contributed by atoms with Crippen LogP contribution >= 0.6 is 11.8 Å². The Labute approximate surface area is 170 Å². The number of esters is 1. The highest BCUT2D eigenvalue weighted by atomic mass is 32.2. The maximum atomic E-state index is 11.9. The average Bonchev–Trinajstić information content (AvgIpc) is 2.70. The van der Waals surface area contributed by atoms with Crippen molar-refractivity contribution in [3.8, 4) is 5.75 Å². The Kier molecular flexibility index (Phi) is 8.68. The molecule has 150 valence electrons. The van der Waals surface area contributed by atoms with Gasteiger partial charge in [0.15, 0.2) is 6.61 Å². The molecule has 0 bridgehead atoms. The van der Waals surface area contributed by atoms with E-state index in [1.807, 2.05) is 74.4 Å². The smallest absolute Gasteiger partial charge is 0.316 e. The molecule has 2 rings (SSSR count). The predicted octanol–water partition coefficient (Wildman–Crippen LogP) is 3.10. The summed E-state index contributed by atoms with van der Waals surface area (Å²) in [6, 6.07) is 15.4. The molecule has 0 spiro atoms. The highest BCUT2D eigenvalue weighted by molar-refractivity contribution is 8.00. The van der Waals surface area contributed by atoms with Crippen molar-refractivity contribution in [2.24, 2.45) is 0 Å². The van der Waals surface area contributed by atoms with E-state index in [1.54, 1.807) is 0 Å². The van der Waals surface area contributed by atoms with Gasteiger partial charge in [0.25, 0.3) is 5.91 Å². The normalized spacial score (nSPS) is 10.2. The maximum absolute atomic E-state index is 11.9. The second kappa shape index (κ2) is 11.2. The molecule has 0 saturated carbocycles. The number of hydrogen-bond acceptors (Lipinski definition) is 6. The zero-order valence-corrected chi connectivity index (χ0v) is 17.3. The summed E-state index contributed by atoms with van der Waals surface area (Å²) in [5.41, 5.74) is 2.07. The zero-order valence-electron chi connectivity index (χ0n) is 16.4. The molecule has 0 aliphatic heterocycles. The van der Waals surface area contributed by atoms with Gasteiger partial charge in [0, 0.05) is 31.2 Å². The van der Waals surface area contributed by atoms with Crippen LogP contribution in [0.3, 0.4) is 0 Å². The lowest BCUT2D eigenvalue weighted by molar-refractivity contribution is -0.145. The summed E-state index contributed by atoms with van der Waals surface area (Å²) in [6.07, 6.45) is 0. The van der Waals surface area contributed by atoms with E-state index in [-0.39, 0.29) is 18.3 Å². The number of thioether (sulfide) groups is 1. The molecule has 2 aromatic rings. The third kappa shape index (κ3) is 7.52. The first-order valence-corrected chi connectivity index (χ1v) is 10.0. The van der Waals surface area contributed by atoms with Crippen LogP contribution in [-0.4, -0.2) is 44.9 Å². The molecule has 28 heavy (non-hydrogen) atoms. The molecular formula is C21H26N2O4S. The molecule has 0 aliphatic rings. The molecule has 1 amide bonds. The van der Waals surface area contributed by atoms with Gasteiger partial charge in [-0.15, -0.1) is 11.8 Å². The summed E-state index contributed by atoms with van der Waals surface area (Å²) in [7, 11) is 3.94. The Bertz CT molecular complexity index is 761. The standard InChI is InChI=1S/C21H26N2O4S/c1-4-26-18-9-11-19(12-10-18)28-15-21(25)27-14-20(24)22-13-16-5-7-17(8-6-16)23(2)3/h5-12H,4,13-15H2,1-3H3,(H,22,24). The van der Waals surface area contributed by atoms with Gasteiger partial charge in [-0.1, -0.05) is 12.1 Å². The van der Waals surface area contributed by atoms with Gasteiger partial charge >= 0.3 is 5.97 Å². The summed E-state index contributed by atoms with van der Waals surface area (Å²) in [5.74, 6) is 0.190. The van der Waals surface area contributed by atoms with Crippen molar-refractivity contribution in [3.63, 3.8) is 0 Å². The molecule has 0 atom stereocenters. The Hall–Kier alpha value is -2.67. The molecule has 7 heteroatoms. The molecule has 0 aromatic heterocycles. The first kappa shape index (κ1) is 21.6. The fourth-order valence-electron chi connectivity index (χ4n) is 2.29. The van der Waals surface area contributed by atoms with Gasteiger partial charge in [0.05, 0.1) is 12.4 Å². The minimum Gasteiger partial charge on any atom is -0.494 e. The van der Waals surface area contributed by atoms with Gasteiger partial charge in [-0.2, -0.15) is 0 Å². The highest BCUT2D eigenvalue weighted by Gasteiger charge is 2.08. The molecule has 0 radical (unpaired) electrons. The van der Waals surface area contributed by atoms with Gasteiger partial charge < -0.3 is 19.7 Å². The predicted molar refractivity (Wildman–Crippen MR) is 112 cm³/mol. The topological polar surface area (TPSA) is 67.9 Å². The largest absolute Gasteiger partial charge is 0.494 e. The minimum absolute atomic E-state index is 0.146. The van der Waals surface area contributed by atoms with Gasteiger partial charge in [-0.3, -0.25) is 9.59 Å². The van der Waals surface area contributed by atoms with E-state index in [9.17, 15) is 9.59 Å². The van der Waals surface area contributed by atoms with E-state index in [0.29, 0.717) is 13.2 Å². The van der Waals surface area contributed by atoms with Crippen molar-refractivity contribution in [2.75, 3.05) is 38.0 Å². The van der Waals surface area contributed by atoms with Crippen LogP contribution in [0, 0.1) is 0 Å². The Morgan fingerprint density at radius 3 is 2.32 bits per heavy atom. The average molecular weight is 403 g/mol.